The van der Waals surface area contributed by atoms with E-state index in [-0.39, 0.29) is 17.9 Å². The number of hydrogen-bond acceptors (Lipinski definition) is 5. The van der Waals surface area contributed by atoms with Crippen LogP contribution in [-0.4, -0.2) is 31.4 Å². The third kappa shape index (κ3) is 6.79. The summed E-state index contributed by atoms with van der Waals surface area (Å²) in [5, 5.41) is 0. The van der Waals surface area contributed by atoms with Crippen molar-refractivity contribution in [2.75, 3.05) is 20.4 Å². The van der Waals surface area contributed by atoms with E-state index in [9.17, 15) is 40.5 Å². The Hall–Kier alpha value is -2.81. The van der Waals surface area contributed by atoms with Gasteiger partial charge in [0.25, 0.3) is 0 Å². The first-order chi connectivity index (χ1) is 17.3. The van der Waals surface area contributed by atoms with Crippen LogP contribution in [0.1, 0.15) is 66.0 Å². The Balaban J connectivity index is 2.94. The van der Waals surface area contributed by atoms with E-state index in [2.05, 4.69) is 0 Å². The van der Waals surface area contributed by atoms with Crippen molar-refractivity contribution < 1.29 is 50.0 Å². The van der Waals surface area contributed by atoms with Gasteiger partial charge in [-0.2, -0.15) is 26.3 Å². The van der Waals surface area contributed by atoms with E-state index >= 15 is 0 Å². The molecular formula is C26H29F6O5P. The van der Waals surface area contributed by atoms with Crippen LogP contribution in [0.3, 0.4) is 0 Å². The molecule has 0 N–H and O–H groups in total. The number of methoxy groups -OCH3 is 2. The van der Waals surface area contributed by atoms with Crippen LogP contribution in [0.2, 0.25) is 0 Å². The molecule has 0 saturated heterocycles. The summed E-state index contributed by atoms with van der Waals surface area (Å²) in [4.78, 5) is 27.6. The summed E-state index contributed by atoms with van der Waals surface area (Å²) in [5.74, 6) is -1.10. The van der Waals surface area contributed by atoms with Crippen LogP contribution in [0.15, 0.2) is 36.4 Å². The third-order valence-electron chi connectivity index (χ3n) is 5.72. The van der Waals surface area contributed by atoms with Crippen molar-refractivity contribution in [2.45, 2.75) is 46.5 Å². The summed E-state index contributed by atoms with van der Waals surface area (Å²) in [7, 11) is -2.89. The Morgan fingerprint density at radius 2 is 1.18 bits per heavy atom. The molecule has 210 valence electrons. The zero-order valence-corrected chi connectivity index (χ0v) is 22.6. The molecule has 0 bridgehead atoms. The lowest BCUT2D eigenvalue weighted by Crippen LogP contribution is -2.25. The molecule has 0 radical (unpaired) electrons. The fourth-order valence-electron chi connectivity index (χ4n) is 4.49. The highest BCUT2D eigenvalue weighted by atomic mass is 31.2. The number of ether oxygens (including phenoxy) is 2. The zero-order chi connectivity index (χ0) is 29.3. The van der Waals surface area contributed by atoms with E-state index in [1.54, 1.807) is 0 Å². The molecule has 2 aromatic carbocycles. The first-order valence-electron chi connectivity index (χ1n) is 11.4. The van der Waals surface area contributed by atoms with Crippen LogP contribution in [0, 0.1) is 11.3 Å². The predicted molar refractivity (Wildman–Crippen MR) is 130 cm³/mol. The molecule has 0 aliphatic heterocycles. The van der Waals surface area contributed by atoms with Gasteiger partial charge in [0.1, 0.15) is 17.1 Å². The second kappa shape index (κ2) is 11.1. The average molecular weight is 566 g/mol. The molecule has 2 unspecified atom stereocenters. The fourth-order valence-corrected chi connectivity index (χ4v) is 7.19. The molecule has 0 aliphatic carbocycles. The second-order valence-corrected chi connectivity index (χ2v) is 12.8. The minimum Gasteiger partial charge on any atom is -0.496 e. The Morgan fingerprint density at radius 3 is 1.55 bits per heavy atom. The van der Waals surface area contributed by atoms with Gasteiger partial charge in [0, 0.05) is 6.16 Å². The van der Waals surface area contributed by atoms with E-state index in [1.807, 2.05) is 20.8 Å². The number of alkyl halides is 6. The third-order valence-corrected chi connectivity index (χ3v) is 8.61. The van der Waals surface area contributed by atoms with Crippen molar-refractivity contribution in [1.82, 2.24) is 0 Å². The lowest BCUT2D eigenvalue weighted by Gasteiger charge is -2.27. The van der Waals surface area contributed by atoms with Gasteiger partial charge in [-0.05, 0) is 42.0 Å². The molecule has 0 aliphatic rings. The maximum Gasteiger partial charge on any atom is 0.417 e. The van der Waals surface area contributed by atoms with Gasteiger partial charge in [-0.3, -0.25) is 9.59 Å². The van der Waals surface area contributed by atoms with Crippen molar-refractivity contribution >= 4 is 18.2 Å². The summed E-state index contributed by atoms with van der Waals surface area (Å²) in [6.07, 6.45) is -11.3. The topological polar surface area (TPSA) is 69.7 Å². The molecule has 38 heavy (non-hydrogen) atoms. The molecule has 0 fully saturated rings. The summed E-state index contributed by atoms with van der Waals surface area (Å²) in [6, 6.07) is 5.03. The molecule has 2 atom stereocenters. The largest absolute Gasteiger partial charge is 0.496 e. The molecule has 0 saturated carbocycles. The number of benzene rings is 2. The average Bonchev–Trinajstić information content (AvgIpc) is 2.79. The van der Waals surface area contributed by atoms with Gasteiger partial charge >= 0.3 is 12.4 Å². The molecule has 12 heteroatoms. The van der Waals surface area contributed by atoms with E-state index in [1.165, 1.54) is 25.1 Å². The maximum atomic E-state index is 14.5. The van der Waals surface area contributed by atoms with Gasteiger partial charge in [0.2, 0.25) is 18.2 Å². The second-order valence-electron chi connectivity index (χ2n) is 10.2. The van der Waals surface area contributed by atoms with Crippen LogP contribution in [0.4, 0.5) is 26.3 Å². The normalized spacial score (nSPS) is 14.9. The van der Waals surface area contributed by atoms with E-state index in [0.29, 0.717) is 18.2 Å². The van der Waals surface area contributed by atoms with E-state index < -0.39 is 70.3 Å². The maximum absolute atomic E-state index is 14.5. The first-order valence-corrected chi connectivity index (χ1v) is 13.3. The molecule has 5 nitrogen and oxygen atoms in total. The molecule has 0 amide bonds. The van der Waals surface area contributed by atoms with Crippen molar-refractivity contribution in [3.05, 3.63) is 58.7 Å². The van der Waals surface area contributed by atoms with Gasteiger partial charge < -0.3 is 14.0 Å². The van der Waals surface area contributed by atoms with Gasteiger partial charge in [0.05, 0.1) is 30.9 Å². The van der Waals surface area contributed by atoms with Gasteiger partial charge in [-0.15, -0.1) is 0 Å². The number of hydrogen-bond donors (Lipinski definition) is 0. The number of halogens is 6. The first kappa shape index (κ1) is 31.4. The van der Waals surface area contributed by atoms with Gasteiger partial charge in [0.15, 0.2) is 0 Å². The Kier molecular flexibility index (Phi) is 9.19. The minimum absolute atomic E-state index is 0.203. The van der Waals surface area contributed by atoms with Crippen molar-refractivity contribution in [1.29, 1.82) is 0 Å². The monoisotopic (exact) mass is 566 g/mol. The molecule has 0 aromatic heterocycles. The Bertz CT molecular complexity index is 1190. The standard InChI is InChI=1S/C26H29F6O5P/c1-15(13-24(2,3)4)14-38(35,23(34)21-18(36-5)11-8-12-19(21)37-6)22(33)20-16(25(27,28)29)9-7-10-17(20)26(30,31)32/h7-12,15H,13-14H2,1-6H3. The van der Waals surface area contributed by atoms with Crippen molar-refractivity contribution in [2.24, 2.45) is 11.3 Å². The number of carbonyl (C=O) groups excluding carboxylic acids is 2. The fraction of sp³-hybridized carbons (Fsp3) is 0.462. The smallest absolute Gasteiger partial charge is 0.417 e. The minimum atomic E-state index is -5.40. The van der Waals surface area contributed by atoms with Crippen molar-refractivity contribution in [3.63, 3.8) is 0 Å². The number of rotatable bonds is 9. The summed E-state index contributed by atoms with van der Waals surface area (Å²) in [6.45, 7) is 6.95. The molecular weight excluding hydrogens is 537 g/mol. The van der Waals surface area contributed by atoms with E-state index in [4.69, 9.17) is 9.47 Å². The highest BCUT2D eigenvalue weighted by Gasteiger charge is 2.51. The molecule has 2 aromatic rings. The van der Waals surface area contributed by atoms with Crippen LogP contribution in [0.5, 0.6) is 11.5 Å². The Labute approximate surface area is 216 Å². The summed E-state index contributed by atoms with van der Waals surface area (Å²) >= 11 is 0. The van der Waals surface area contributed by atoms with Crippen LogP contribution < -0.4 is 9.47 Å². The van der Waals surface area contributed by atoms with Crippen LogP contribution in [-0.2, 0) is 16.9 Å². The lowest BCUT2D eigenvalue weighted by atomic mass is 9.86. The van der Waals surface area contributed by atoms with Crippen LogP contribution in [0.25, 0.3) is 0 Å². The highest BCUT2D eigenvalue weighted by Crippen LogP contribution is 2.58. The quantitative estimate of drug-likeness (QED) is 0.226. The summed E-state index contributed by atoms with van der Waals surface area (Å²) < 4.78 is 108. The van der Waals surface area contributed by atoms with Gasteiger partial charge in [-0.1, -0.05) is 39.8 Å². The zero-order valence-electron chi connectivity index (χ0n) is 21.7. The predicted octanol–water partition coefficient (Wildman–Crippen LogP) is 8.16. The van der Waals surface area contributed by atoms with E-state index in [0.717, 1.165) is 14.2 Å². The SMILES string of the molecule is COc1cccc(OC)c1C(=O)P(=O)(CC(C)CC(C)(C)C)C(=O)c1c(C(F)(F)F)cccc1C(F)(F)F. The summed E-state index contributed by atoms with van der Waals surface area (Å²) in [5.41, 5.74) is -10.1. The molecule has 2 rings (SSSR count). The number of carbonyl (C=O) groups is 2. The molecule has 0 heterocycles. The lowest BCUT2D eigenvalue weighted by molar-refractivity contribution is -0.143. The highest BCUT2D eigenvalue weighted by molar-refractivity contribution is 7.95. The Morgan fingerprint density at radius 1 is 0.789 bits per heavy atom. The molecule has 0 spiro atoms. The van der Waals surface area contributed by atoms with Gasteiger partial charge in [-0.25, -0.2) is 0 Å². The van der Waals surface area contributed by atoms with Crippen LogP contribution >= 0.6 is 7.14 Å². The van der Waals surface area contributed by atoms with Crippen molar-refractivity contribution in [3.8, 4) is 11.5 Å².